The molecule has 1 N–H and O–H groups in total. The number of nitrogens with one attached hydrogen (secondary N) is 1. The summed E-state index contributed by atoms with van der Waals surface area (Å²) in [5.74, 6) is 0.139. The number of para-hydroxylation sites is 1. The summed E-state index contributed by atoms with van der Waals surface area (Å²) in [6.07, 6.45) is 3.79. The zero-order chi connectivity index (χ0) is 14.7. The molecule has 0 unspecified atom stereocenters. The van der Waals surface area contributed by atoms with Gasteiger partial charge in [0.2, 0.25) is 5.78 Å². The van der Waals surface area contributed by atoms with E-state index in [0.717, 1.165) is 11.1 Å². The molecule has 0 radical (unpaired) electrons. The fraction of sp³-hybridized carbons (Fsp3) is 0. The summed E-state index contributed by atoms with van der Waals surface area (Å²) in [5, 5.41) is 0. The zero-order valence-corrected chi connectivity index (χ0v) is 11.1. The number of allylic oxidation sites excluding steroid dienone is 1. The van der Waals surface area contributed by atoms with Gasteiger partial charge in [0, 0.05) is 11.1 Å². The second-order valence-corrected chi connectivity index (χ2v) is 4.52. The summed E-state index contributed by atoms with van der Waals surface area (Å²) in [6.45, 7) is 0. The number of hydrogen-bond acceptors (Lipinski definition) is 3. The van der Waals surface area contributed by atoms with Crippen molar-refractivity contribution in [1.29, 1.82) is 0 Å². The van der Waals surface area contributed by atoms with E-state index in [1.807, 2.05) is 36.4 Å². The SMILES string of the molecule is O=C/C=C/c1cccc2[nH]c(C(=O)c3ccccc3)nc12. The number of hydrogen-bond donors (Lipinski definition) is 1. The fourth-order valence-corrected chi connectivity index (χ4v) is 2.17. The highest BCUT2D eigenvalue weighted by Gasteiger charge is 2.14. The Kier molecular flexibility index (Phi) is 3.43. The second-order valence-electron chi connectivity index (χ2n) is 4.52. The van der Waals surface area contributed by atoms with Crippen LogP contribution in [0.25, 0.3) is 17.1 Å². The van der Waals surface area contributed by atoms with Crippen LogP contribution in [0.4, 0.5) is 0 Å². The first kappa shape index (κ1) is 13.0. The number of nitrogens with zero attached hydrogens (tertiary/aromatic N) is 1. The quantitative estimate of drug-likeness (QED) is 0.452. The predicted molar refractivity (Wildman–Crippen MR) is 81.1 cm³/mol. The van der Waals surface area contributed by atoms with Crippen molar-refractivity contribution in [2.45, 2.75) is 0 Å². The maximum atomic E-state index is 12.4. The van der Waals surface area contributed by atoms with Crippen molar-refractivity contribution in [2.75, 3.05) is 0 Å². The van der Waals surface area contributed by atoms with Gasteiger partial charge < -0.3 is 4.98 Å². The summed E-state index contributed by atoms with van der Waals surface area (Å²) < 4.78 is 0. The number of ketones is 1. The van der Waals surface area contributed by atoms with Crippen LogP contribution in [0.15, 0.2) is 54.6 Å². The van der Waals surface area contributed by atoms with Crippen molar-refractivity contribution in [3.8, 4) is 0 Å². The Morgan fingerprint density at radius 2 is 1.86 bits per heavy atom. The predicted octanol–water partition coefficient (Wildman–Crippen LogP) is 3.01. The molecule has 0 amide bonds. The summed E-state index contributed by atoms with van der Waals surface area (Å²) >= 11 is 0. The van der Waals surface area contributed by atoms with Gasteiger partial charge in [-0.2, -0.15) is 0 Å². The lowest BCUT2D eigenvalue weighted by atomic mass is 10.1. The van der Waals surface area contributed by atoms with E-state index < -0.39 is 0 Å². The van der Waals surface area contributed by atoms with Crippen LogP contribution < -0.4 is 0 Å². The number of imidazole rings is 1. The monoisotopic (exact) mass is 276 g/mol. The molecular formula is C17H12N2O2. The van der Waals surface area contributed by atoms with E-state index >= 15 is 0 Å². The van der Waals surface area contributed by atoms with Gasteiger partial charge in [0.1, 0.15) is 6.29 Å². The third-order valence-electron chi connectivity index (χ3n) is 3.15. The third kappa shape index (κ3) is 2.51. The van der Waals surface area contributed by atoms with Crippen LogP contribution in [0, 0.1) is 0 Å². The molecule has 0 saturated heterocycles. The van der Waals surface area contributed by atoms with Crippen molar-refractivity contribution < 1.29 is 9.59 Å². The molecule has 0 aliphatic heterocycles. The van der Waals surface area contributed by atoms with Crippen LogP contribution in [0.2, 0.25) is 0 Å². The fourth-order valence-electron chi connectivity index (χ4n) is 2.17. The van der Waals surface area contributed by atoms with E-state index in [-0.39, 0.29) is 5.78 Å². The number of aromatic amines is 1. The average Bonchev–Trinajstić information content (AvgIpc) is 2.97. The Labute approximate surface area is 121 Å². The largest absolute Gasteiger partial charge is 0.335 e. The first-order chi connectivity index (χ1) is 10.3. The number of aldehydes is 1. The number of rotatable bonds is 4. The van der Waals surface area contributed by atoms with Crippen molar-refractivity contribution in [1.82, 2.24) is 9.97 Å². The van der Waals surface area contributed by atoms with Gasteiger partial charge in [0.05, 0.1) is 11.0 Å². The van der Waals surface area contributed by atoms with Crippen LogP contribution in [0.3, 0.4) is 0 Å². The summed E-state index contributed by atoms with van der Waals surface area (Å²) in [4.78, 5) is 30.2. The molecule has 3 rings (SSSR count). The van der Waals surface area contributed by atoms with Gasteiger partial charge in [-0.15, -0.1) is 0 Å². The minimum absolute atomic E-state index is 0.155. The van der Waals surface area contributed by atoms with Crippen molar-refractivity contribution in [3.63, 3.8) is 0 Å². The maximum absolute atomic E-state index is 12.4. The standard InChI is InChI=1S/C17H12N2O2/c20-11-5-9-12-8-4-10-14-15(12)19-17(18-14)16(21)13-6-2-1-3-7-13/h1-11H,(H,18,19)/b9-5+. The van der Waals surface area contributed by atoms with Crippen LogP contribution in [0.5, 0.6) is 0 Å². The van der Waals surface area contributed by atoms with Gasteiger partial charge in [0.15, 0.2) is 5.82 Å². The highest BCUT2D eigenvalue weighted by Crippen LogP contribution is 2.19. The first-order valence-corrected chi connectivity index (χ1v) is 6.50. The third-order valence-corrected chi connectivity index (χ3v) is 3.15. The highest BCUT2D eigenvalue weighted by molar-refractivity contribution is 6.08. The normalized spacial score (nSPS) is 11.0. The lowest BCUT2D eigenvalue weighted by Crippen LogP contribution is -2.02. The van der Waals surface area contributed by atoms with E-state index in [1.54, 1.807) is 18.2 Å². The van der Waals surface area contributed by atoms with Gasteiger partial charge in [-0.3, -0.25) is 9.59 Å². The number of benzene rings is 2. The molecular weight excluding hydrogens is 264 g/mol. The molecule has 4 heteroatoms. The molecule has 0 aliphatic carbocycles. The number of aromatic nitrogens is 2. The lowest BCUT2D eigenvalue weighted by molar-refractivity contribution is -0.104. The van der Waals surface area contributed by atoms with Crippen molar-refractivity contribution in [2.24, 2.45) is 0 Å². The average molecular weight is 276 g/mol. The summed E-state index contributed by atoms with van der Waals surface area (Å²) in [6, 6.07) is 14.5. The molecule has 0 spiro atoms. The van der Waals surface area contributed by atoms with Crippen LogP contribution in [0.1, 0.15) is 21.7 Å². The zero-order valence-electron chi connectivity index (χ0n) is 11.1. The number of fused-ring (bicyclic) bond motifs is 1. The van der Waals surface area contributed by atoms with Gasteiger partial charge in [0.25, 0.3) is 0 Å². The van der Waals surface area contributed by atoms with E-state index in [4.69, 9.17) is 0 Å². The van der Waals surface area contributed by atoms with Gasteiger partial charge in [-0.1, -0.05) is 42.5 Å². The maximum Gasteiger partial charge on any atom is 0.228 e. The Morgan fingerprint density at radius 3 is 2.62 bits per heavy atom. The van der Waals surface area contributed by atoms with Gasteiger partial charge in [-0.25, -0.2) is 4.98 Å². The lowest BCUT2D eigenvalue weighted by Gasteiger charge is -1.95. The van der Waals surface area contributed by atoms with Gasteiger partial charge in [-0.05, 0) is 18.2 Å². The smallest absolute Gasteiger partial charge is 0.228 e. The molecule has 102 valence electrons. The second kappa shape index (κ2) is 5.54. The molecule has 1 aromatic heterocycles. The minimum atomic E-state index is -0.155. The highest BCUT2D eigenvalue weighted by atomic mass is 16.1. The molecule has 2 aromatic carbocycles. The molecule has 3 aromatic rings. The molecule has 21 heavy (non-hydrogen) atoms. The van der Waals surface area contributed by atoms with E-state index in [1.165, 1.54) is 6.08 Å². The van der Waals surface area contributed by atoms with E-state index in [0.29, 0.717) is 23.2 Å². The molecule has 1 heterocycles. The first-order valence-electron chi connectivity index (χ1n) is 6.50. The summed E-state index contributed by atoms with van der Waals surface area (Å²) in [7, 11) is 0. The summed E-state index contributed by atoms with van der Waals surface area (Å²) in [5.41, 5.74) is 2.82. The van der Waals surface area contributed by atoms with E-state index in [2.05, 4.69) is 9.97 Å². The molecule has 4 nitrogen and oxygen atoms in total. The number of H-pyrrole nitrogens is 1. The molecule has 0 atom stereocenters. The van der Waals surface area contributed by atoms with Crippen LogP contribution >= 0.6 is 0 Å². The van der Waals surface area contributed by atoms with Crippen molar-refractivity contribution in [3.05, 3.63) is 71.6 Å². The topological polar surface area (TPSA) is 62.8 Å². The molecule has 0 saturated carbocycles. The van der Waals surface area contributed by atoms with Crippen molar-refractivity contribution >= 4 is 29.2 Å². The number of carbonyl (C=O) groups excluding carboxylic acids is 2. The minimum Gasteiger partial charge on any atom is -0.335 e. The van der Waals surface area contributed by atoms with E-state index in [9.17, 15) is 9.59 Å². The Morgan fingerprint density at radius 1 is 1.05 bits per heavy atom. The Balaban J connectivity index is 2.07. The Hall–Kier alpha value is -3.01. The molecule has 0 bridgehead atoms. The molecule has 0 fully saturated rings. The van der Waals surface area contributed by atoms with Crippen LogP contribution in [-0.4, -0.2) is 22.0 Å². The van der Waals surface area contributed by atoms with Crippen LogP contribution in [-0.2, 0) is 4.79 Å². The number of carbonyl (C=O) groups is 2. The molecule has 0 aliphatic rings. The van der Waals surface area contributed by atoms with Gasteiger partial charge >= 0.3 is 0 Å². The Bertz CT molecular complexity index is 832.